The molecule has 0 fully saturated rings. The third kappa shape index (κ3) is 4.18. The molecule has 0 radical (unpaired) electrons. The Morgan fingerprint density at radius 2 is 1.50 bits per heavy atom. The van der Waals surface area contributed by atoms with Gasteiger partial charge in [-0.15, -0.1) is 0 Å². The van der Waals surface area contributed by atoms with Gasteiger partial charge in [-0.05, 0) is 59.4 Å². The first-order valence-corrected chi connectivity index (χ1v) is 7.06. The first-order chi connectivity index (χ1) is 9.81. The first kappa shape index (κ1) is 14.2. The summed E-state index contributed by atoms with van der Waals surface area (Å²) >= 11 is 5.72. The number of nitriles is 1. The zero-order valence-electron chi connectivity index (χ0n) is 10.5. The van der Waals surface area contributed by atoms with Crippen molar-refractivity contribution in [1.29, 1.82) is 5.26 Å². The summed E-state index contributed by atoms with van der Waals surface area (Å²) in [5.41, 5.74) is 2.98. The Balaban J connectivity index is 2.08. The Labute approximate surface area is 127 Å². The van der Waals surface area contributed by atoms with E-state index in [1.54, 1.807) is 0 Å². The molecule has 0 unspecified atom stereocenters. The SMILES string of the molecule is N#CSc1ccc(/C=C/c2ccc(N=C=S)cc2)cc1. The fraction of sp³-hybridized carbons (Fsp3) is 0. The van der Waals surface area contributed by atoms with E-state index in [0.29, 0.717) is 0 Å². The number of isothiocyanates is 1. The van der Waals surface area contributed by atoms with Gasteiger partial charge < -0.3 is 0 Å². The molecule has 0 amide bonds. The standard InChI is InChI=1S/C16H10N2S2/c17-11-20-16-9-5-14(6-10-16)2-1-13-3-7-15(8-4-13)18-12-19/h1-10H/b2-1+. The van der Waals surface area contributed by atoms with Gasteiger partial charge in [-0.25, -0.2) is 0 Å². The quantitative estimate of drug-likeness (QED) is 0.257. The van der Waals surface area contributed by atoms with Crippen LogP contribution in [0.25, 0.3) is 12.2 Å². The normalized spacial score (nSPS) is 9.95. The molecule has 0 atom stereocenters. The van der Waals surface area contributed by atoms with Crippen molar-refractivity contribution < 1.29 is 0 Å². The summed E-state index contributed by atoms with van der Waals surface area (Å²) in [6.45, 7) is 0. The van der Waals surface area contributed by atoms with Crippen molar-refractivity contribution in [1.82, 2.24) is 0 Å². The van der Waals surface area contributed by atoms with Crippen molar-refractivity contribution >= 4 is 47.0 Å². The zero-order chi connectivity index (χ0) is 14.2. The highest BCUT2D eigenvalue weighted by Crippen LogP contribution is 2.18. The summed E-state index contributed by atoms with van der Waals surface area (Å²) in [6, 6.07) is 15.6. The van der Waals surface area contributed by atoms with E-state index < -0.39 is 0 Å². The molecule has 0 bridgehead atoms. The van der Waals surface area contributed by atoms with E-state index in [-0.39, 0.29) is 0 Å². The predicted octanol–water partition coefficient (Wildman–Crippen LogP) is 5.16. The molecule has 2 aromatic rings. The fourth-order valence-corrected chi connectivity index (χ4v) is 2.09. The maximum Gasteiger partial charge on any atom is 0.138 e. The lowest BCUT2D eigenvalue weighted by molar-refractivity contribution is 1.45. The van der Waals surface area contributed by atoms with Crippen molar-refractivity contribution in [2.24, 2.45) is 4.99 Å². The number of hydrogen-bond acceptors (Lipinski definition) is 4. The number of aliphatic imine (C=N–C) groups is 1. The molecule has 20 heavy (non-hydrogen) atoms. The highest BCUT2D eigenvalue weighted by Gasteiger charge is 1.93. The van der Waals surface area contributed by atoms with Crippen LogP contribution in [-0.4, -0.2) is 5.16 Å². The van der Waals surface area contributed by atoms with Crippen molar-refractivity contribution in [2.75, 3.05) is 0 Å². The van der Waals surface area contributed by atoms with Crippen LogP contribution >= 0.6 is 24.0 Å². The van der Waals surface area contributed by atoms with Crippen LogP contribution in [0.4, 0.5) is 5.69 Å². The number of thiocarbonyl (C=S) groups is 1. The molecule has 0 saturated heterocycles. The lowest BCUT2D eigenvalue weighted by Gasteiger charge is -1.97. The third-order valence-electron chi connectivity index (χ3n) is 2.58. The van der Waals surface area contributed by atoms with Crippen LogP contribution in [-0.2, 0) is 0 Å². The van der Waals surface area contributed by atoms with E-state index in [1.807, 2.05) is 60.7 Å². The number of hydrogen-bond donors (Lipinski definition) is 0. The minimum absolute atomic E-state index is 0.801. The van der Waals surface area contributed by atoms with Gasteiger partial charge in [-0.3, -0.25) is 0 Å². The average molecular weight is 294 g/mol. The predicted molar refractivity (Wildman–Crippen MR) is 88.0 cm³/mol. The fourth-order valence-electron chi connectivity index (χ4n) is 1.60. The summed E-state index contributed by atoms with van der Waals surface area (Å²) in [4.78, 5) is 4.86. The van der Waals surface area contributed by atoms with E-state index >= 15 is 0 Å². The van der Waals surface area contributed by atoms with E-state index in [9.17, 15) is 0 Å². The second kappa shape index (κ2) is 7.42. The largest absolute Gasteiger partial charge is 0.195 e. The molecule has 4 heteroatoms. The number of benzene rings is 2. The number of nitrogens with zero attached hydrogens (tertiary/aromatic N) is 2. The van der Waals surface area contributed by atoms with Crippen molar-refractivity contribution in [3.63, 3.8) is 0 Å². The molecule has 0 spiro atoms. The van der Waals surface area contributed by atoms with Gasteiger partial charge in [-0.2, -0.15) is 10.3 Å². The minimum atomic E-state index is 0.801. The van der Waals surface area contributed by atoms with Gasteiger partial charge in [0.05, 0.1) is 10.8 Å². The minimum Gasteiger partial charge on any atom is -0.195 e. The van der Waals surface area contributed by atoms with Gasteiger partial charge in [0.2, 0.25) is 0 Å². The Hall–Kier alpha value is -2.18. The monoisotopic (exact) mass is 294 g/mol. The second-order valence-electron chi connectivity index (χ2n) is 3.89. The van der Waals surface area contributed by atoms with Crippen LogP contribution < -0.4 is 0 Å². The molecule has 0 aliphatic heterocycles. The molecule has 0 heterocycles. The zero-order valence-corrected chi connectivity index (χ0v) is 12.1. The molecule has 0 N–H and O–H groups in total. The summed E-state index contributed by atoms with van der Waals surface area (Å²) < 4.78 is 0. The van der Waals surface area contributed by atoms with Crippen LogP contribution in [0.3, 0.4) is 0 Å². The molecule has 0 aromatic heterocycles. The molecule has 96 valence electrons. The number of thioether (sulfide) groups is 1. The summed E-state index contributed by atoms with van der Waals surface area (Å²) in [5, 5.41) is 13.0. The Morgan fingerprint density at radius 3 is 2.00 bits per heavy atom. The van der Waals surface area contributed by atoms with Gasteiger partial charge >= 0.3 is 0 Å². The number of rotatable bonds is 4. The molecule has 2 nitrogen and oxygen atoms in total. The van der Waals surface area contributed by atoms with Gasteiger partial charge in [-0.1, -0.05) is 36.4 Å². The highest BCUT2D eigenvalue weighted by atomic mass is 32.2. The summed E-state index contributed by atoms with van der Waals surface area (Å²) in [7, 11) is 0. The van der Waals surface area contributed by atoms with Crippen LogP contribution in [0.15, 0.2) is 58.4 Å². The van der Waals surface area contributed by atoms with Gasteiger partial charge in [0, 0.05) is 4.90 Å². The van der Waals surface area contributed by atoms with Crippen LogP contribution in [0.5, 0.6) is 0 Å². The van der Waals surface area contributed by atoms with Gasteiger partial charge in [0.25, 0.3) is 0 Å². The lowest BCUT2D eigenvalue weighted by Crippen LogP contribution is -1.74. The maximum absolute atomic E-state index is 8.58. The maximum atomic E-state index is 8.58. The molecular weight excluding hydrogens is 284 g/mol. The van der Waals surface area contributed by atoms with Gasteiger partial charge in [0.15, 0.2) is 0 Å². The Kier molecular flexibility index (Phi) is 5.28. The molecule has 2 aromatic carbocycles. The van der Waals surface area contributed by atoms with E-state index in [0.717, 1.165) is 33.5 Å². The molecule has 0 aliphatic rings. The van der Waals surface area contributed by atoms with E-state index in [4.69, 9.17) is 5.26 Å². The Bertz CT molecular complexity index is 689. The van der Waals surface area contributed by atoms with E-state index in [1.165, 1.54) is 0 Å². The topological polar surface area (TPSA) is 36.1 Å². The van der Waals surface area contributed by atoms with Crippen LogP contribution in [0.1, 0.15) is 11.1 Å². The molecule has 0 aliphatic carbocycles. The average Bonchev–Trinajstić information content (AvgIpc) is 2.49. The summed E-state index contributed by atoms with van der Waals surface area (Å²) in [6.07, 6.45) is 4.05. The Morgan fingerprint density at radius 1 is 0.950 bits per heavy atom. The molecule has 2 rings (SSSR count). The highest BCUT2D eigenvalue weighted by molar-refractivity contribution is 8.03. The lowest BCUT2D eigenvalue weighted by atomic mass is 10.1. The van der Waals surface area contributed by atoms with Gasteiger partial charge in [0.1, 0.15) is 5.40 Å². The van der Waals surface area contributed by atoms with E-state index in [2.05, 4.69) is 27.8 Å². The van der Waals surface area contributed by atoms with Crippen LogP contribution in [0.2, 0.25) is 0 Å². The van der Waals surface area contributed by atoms with Crippen LogP contribution in [0, 0.1) is 10.7 Å². The molecule has 0 saturated carbocycles. The van der Waals surface area contributed by atoms with Crippen molar-refractivity contribution in [3.8, 4) is 5.40 Å². The first-order valence-electron chi connectivity index (χ1n) is 5.84. The smallest absolute Gasteiger partial charge is 0.138 e. The molecular formula is C16H10N2S2. The second-order valence-corrected chi connectivity index (χ2v) is 4.93. The third-order valence-corrected chi connectivity index (χ3v) is 3.27. The number of thiocyanates is 1. The van der Waals surface area contributed by atoms with Crippen molar-refractivity contribution in [2.45, 2.75) is 4.90 Å². The van der Waals surface area contributed by atoms with Crippen molar-refractivity contribution in [3.05, 3.63) is 59.7 Å². The summed E-state index contributed by atoms with van der Waals surface area (Å²) in [5.74, 6) is 0.